The highest BCUT2D eigenvalue weighted by molar-refractivity contribution is 5.84. The second-order valence-electron chi connectivity index (χ2n) is 6.45. The Bertz CT molecular complexity index is 661. The van der Waals surface area contributed by atoms with Crippen LogP contribution in [0.4, 0.5) is 0 Å². The van der Waals surface area contributed by atoms with Gasteiger partial charge in [0.25, 0.3) is 0 Å². The number of methoxy groups -OCH3 is 2. The topological polar surface area (TPSA) is 62.6 Å². The normalized spacial score (nSPS) is 24.1. The maximum absolute atomic E-state index is 12.7. The number of amides is 1. The molecule has 0 spiro atoms. The van der Waals surface area contributed by atoms with E-state index >= 15 is 0 Å². The van der Waals surface area contributed by atoms with E-state index in [0.717, 1.165) is 42.7 Å². The van der Waals surface area contributed by atoms with Crippen LogP contribution >= 0.6 is 0 Å². The highest BCUT2D eigenvalue weighted by Crippen LogP contribution is 2.53. The van der Waals surface area contributed by atoms with Crippen LogP contribution in [0.5, 0.6) is 11.5 Å². The quantitative estimate of drug-likeness (QED) is 0.838. The smallest absolute Gasteiger partial charge is 0.227 e. The minimum Gasteiger partial charge on any atom is -0.497 e. The van der Waals surface area contributed by atoms with E-state index in [1.165, 1.54) is 0 Å². The van der Waals surface area contributed by atoms with Crippen molar-refractivity contribution in [1.29, 1.82) is 5.26 Å². The van der Waals surface area contributed by atoms with Gasteiger partial charge in [-0.3, -0.25) is 4.79 Å². The van der Waals surface area contributed by atoms with E-state index in [1.54, 1.807) is 26.2 Å². The van der Waals surface area contributed by atoms with Crippen molar-refractivity contribution in [2.24, 2.45) is 5.92 Å². The zero-order chi connectivity index (χ0) is 16.6. The molecule has 0 saturated heterocycles. The van der Waals surface area contributed by atoms with Gasteiger partial charge in [0.1, 0.15) is 17.0 Å². The highest BCUT2D eigenvalue weighted by atomic mass is 16.5. The van der Waals surface area contributed by atoms with Crippen molar-refractivity contribution in [2.75, 3.05) is 21.3 Å². The molecule has 2 aliphatic carbocycles. The van der Waals surface area contributed by atoms with Gasteiger partial charge in [-0.2, -0.15) is 5.26 Å². The SMILES string of the molecule is COc1ccc(OC)c(C2CC2C(=O)N(C)C2(C#N)CCC2)c1. The lowest BCUT2D eigenvalue weighted by Gasteiger charge is -2.43. The van der Waals surface area contributed by atoms with Crippen LogP contribution in [-0.4, -0.2) is 37.6 Å². The van der Waals surface area contributed by atoms with Crippen molar-refractivity contribution in [3.63, 3.8) is 0 Å². The fourth-order valence-electron chi connectivity index (χ4n) is 3.43. The maximum Gasteiger partial charge on any atom is 0.227 e. The molecule has 0 aliphatic heterocycles. The van der Waals surface area contributed by atoms with Crippen molar-refractivity contribution in [1.82, 2.24) is 4.90 Å². The van der Waals surface area contributed by atoms with Gasteiger partial charge in [-0.25, -0.2) is 0 Å². The molecule has 2 unspecified atom stereocenters. The summed E-state index contributed by atoms with van der Waals surface area (Å²) < 4.78 is 10.7. The van der Waals surface area contributed by atoms with Crippen molar-refractivity contribution in [3.05, 3.63) is 23.8 Å². The van der Waals surface area contributed by atoms with Crippen molar-refractivity contribution in [2.45, 2.75) is 37.1 Å². The first-order chi connectivity index (χ1) is 11.1. The molecule has 2 fully saturated rings. The Balaban J connectivity index is 1.77. The summed E-state index contributed by atoms with van der Waals surface area (Å²) in [5, 5.41) is 9.41. The second-order valence-corrected chi connectivity index (χ2v) is 6.45. The van der Waals surface area contributed by atoms with Crippen LogP contribution in [0.3, 0.4) is 0 Å². The molecule has 2 saturated carbocycles. The third kappa shape index (κ3) is 2.52. The number of hydrogen-bond donors (Lipinski definition) is 0. The van der Waals surface area contributed by atoms with E-state index in [4.69, 9.17) is 9.47 Å². The number of carbonyl (C=O) groups is 1. The number of ether oxygens (including phenoxy) is 2. The summed E-state index contributed by atoms with van der Waals surface area (Å²) in [7, 11) is 5.03. The molecule has 5 heteroatoms. The number of carbonyl (C=O) groups excluding carboxylic acids is 1. The Morgan fingerprint density at radius 1 is 1.35 bits per heavy atom. The zero-order valence-corrected chi connectivity index (χ0v) is 13.8. The molecule has 0 heterocycles. The van der Waals surface area contributed by atoms with Gasteiger partial charge >= 0.3 is 0 Å². The summed E-state index contributed by atoms with van der Waals surface area (Å²) in [6.07, 6.45) is 3.38. The van der Waals surface area contributed by atoms with Gasteiger partial charge in [-0.05, 0) is 43.9 Å². The van der Waals surface area contributed by atoms with Crippen molar-refractivity contribution < 1.29 is 14.3 Å². The average Bonchev–Trinajstić information content (AvgIpc) is 3.33. The molecule has 5 nitrogen and oxygen atoms in total. The molecule has 2 atom stereocenters. The van der Waals surface area contributed by atoms with E-state index in [1.807, 2.05) is 18.2 Å². The standard InChI is InChI=1S/C18H22N2O3/c1-20(18(11-19)7-4-8-18)17(21)15-10-13(15)14-9-12(22-2)5-6-16(14)23-3/h5-6,9,13,15H,4,7-8,10H2,1-3H3. The zero-order valence-electron chi connectivity index (χ0n) is 13.8. The third-order valence-electron chi connectivity index (χ3n) is 5.31. The monoisotopic (exact) mass is 314 g/mol. The van der Waals surface area contributed by atoms with Crippen LogP contribution in [0.15, 0.2) is 18.2 Å². The fraction of sp³-hybridized carbons (Fsp3) is 0.556. The summed E-state index contributed by atoms with van der Waals surface area (Å²) in [6, 6.07) is 8.01. The summed E-state index contributed by atoms with van der Waals surface area (Å²) in [4.78, 5) is 14.4. The molecule has 0 N–H and O–H groups in total. The van der Waals surface area contributed by atoms with Crippen LogP contribution in [-0.2, 0) is 4.79 Å². The first-order valence-electron chi connectivity index (χ1n) is 7.97. The van der Waals surface area contributed by atoms with Crippen LogP contribution in [0.1, 0.15) is 37.2 Å². The van der Waals surface area contributed by atoms with Gasteiger partial charge in [-0.15, -0.1) is 0 Å². The summed E-state index contributed by atoms with van der Waals surface area (Å²) in [6.45, 7) is 0. The van der Waals surface area contributed by atoms with Gasteiger partial charge in [0.15, 0.2) is 0 Å². The Morgan fingerprint density at radius 2 is 2.09 bits per heavy atom. The molecule has 0 radical (unpaired) electrons. The molecule has 122 valence electrons. The summed E-state index contributed by atoms with van der Waals surface area (Å²) >= 11 is 0. The Labute approximate surface area is 136 Å². The molecule has 0 bridgehead atoms. The minimum atomic E-state index is -0.581. The number of benzene rings is 1. The summed E-state index contributed by atoms with van der Waals surface area (Å²) in [5.74, 6) is 1.70. The number of hydrogen-bond acceptors (Lipinski definition) is 4. The van der Waals surface area contributed by atoms with E-state index in [0.29, 0.717) is 0 Å². The Kier molecular flexibility index (Phi) is 3.93. The van der Waals surface area contributed by atoms with Gasteiger partial charge < -0.3 is 14.4 Å². The molecule has 2 aliphatic rings. The highest BCUT2D eigenvalue weighted by Gasteiger charge is 2.52. The number of nitriles is 1. The van der Waals surface area contributed by atoms with Crippen LogP contribution in [0.25, 0.3) is 0 Å². The van der Waals surface area contributed by atoms with E-state index < -0.39 is 5.54 Å². The summed E-state index contributed by atoms with van der Waals surface area (Å²) in [5.41, 5.74) is 0.432. The lowest BCUT2D eigenvalue weighted by atomic mass is 9.76. The van der Waals surface area contributed by atoms with Gasteiger partial charge in [0, 0.05) is 24.4 Å². The molecule has 3 rings (SSSR count). The van der Waals surface area contributed by atoms with Crippen LogP contribution in [0.2, 0.25) is 0 Å². The van der Waals surface area contributed by atoms with Crippen LogP contribution in [0, 0.1) is 17.2 Å². The Hall–Kier alpha value is -2.22. The van der Waals surface area contributed by atoms with Gasteiger partial charge in [0.2, 0.25) is 5.91 Å². The molecule has 23 heavy (non-hydrogen) atoms. The first kappa shape index (κ1) is 15.7. The third-order valence-corrected chi connectivity index (χ3v) is 5.31. The maximum atomic E-state index is 12.7. The van der Waals surface area contributed by atoms with Crippen LogP contribution < -0.4 is 9.47 Å². The fourth-order valence-corrected chi connectivity index (χ4v) is 3.43. The molecule has 1 amide bonds. The molecule has 0 aromatic heterocycles. The minimum absolute atomic E-state index is 0.0631. The Morgan fingerprint density at radius 3 is 2.61 bits per heavy atom. The van der Waals surface area contributed by atoms with Gasteiger partial charge in [0.05, 0.1) is 20.3 Å². The largest absolute Gasteiger partial charge is 0.497 e. The first-order valence-corrected chi connectivity index (χ1v) is 7.97. The lowest BCUT2D eigenvalue weighted by Crippen LogP contribution is -2.53. The lowest BCUT2D eigenvalue weighted by molar-refractivity contribution is -0.137. The van der Waals surface area contributed by atoms with E-state index in [9.17, 15) is 10.1 Å². The van der Waals surface area contributed by atoms with E-state index in [2.05, 4.69) is 6.07 Å². The molecule has 1 aromatic carbocycles. The van der Waals surface area contributed by atoms with Crippen molar-refractivity contribution in [3.8, 4) is 17.6 Å². The van der Waals surface area contributed by atoms with E-state index in [-0.39, 0.29) is 17.7 Å². The number of rotatable bonds is 5. The second kappa shape index (κ2) is 5.77. The average molecular weight is 314 g/mol. The number of nitrogens with zero attached hydrogens (tertiary/aromatic N) is 2. The predicted molar refractivity (Wildman–Crippen MR) is 85.4 cm³/mol. The molecular weight excluding hydrogens is 292 g/mol. The predicted octanol–water partition coefficient (Wildman–Crippen LogP) is 2.71. The van der Waals surface area contributed by atoms with Crippen molar-refractivity contribution >= 4 is 5.91 Å². The molecule has 1 aromatic rings. The molecular formula is C18H22N2O3. The van der Waals surface area contributed by atoms with Gasteiger partial charge in [-0.1, -0.05) is 0 Å².